The maximum absolute atomic E-state index is 15.1. The van der Waals surface area contributed by atoms with E-state index in [1.54, 1.807) is 10.7 Å². The van der Waals surface area contributed by atoms with Gasteiger partial charge in [0.15, 0.2) is 0 Å². The Morgan fingerprint density at radius 3 is 2.27 bits per heavy atom. The van der Waals surface area contributed by atoms with Crippen LogP contribution in [-0.4, -0.2) is 37.6 Å². The second-order valence-electron chi connectivity index (χ2n) is 10.8. The molecule has 212 valence electrons. The van der Waals surface area contributed by atoms with Gasteiger partial charge in [-0.1, -0.05) is 0 Å². The summed E-state index contributed by atoms with van der Waals surface area (Å²) >= 11 is 0. The number of halogens is 4. The molecule has 3 heterocycles. The highest BCUT2D eigenvalue weighted by molar-refractivity contribution is 6.00. The quantitative estimate of drug-likeness (QED) is 0.265. The molecule has 3 aromatic heterocycles. The van der Waals surface area contributed by atoms with Gasteiger partial charge in [0.2, 0.25) is 11.9 Å². The summed E-state index contributed by atoms with van der Waals surface area (Å²) in [7, 11) is 0. The lowest BCUT2D eigenvalue weighted by molar-refractivity contribution is -0.137. The Hall–Kier alpha value is -3.83. The van der Waals surface area contributed by atoms with E-state index in [1.165, 1.54) is 19.2 Å². The second-order valence-corrected chi connectivity index (χ2v) is 10.8. The van der Waals surface area contributed by atoms with Crippen molar-refractivity contribution in [1.82, 2.24) is 25.1 Å². The minimum atomic E-state index is -4.72. The number of hydrogen-bond donors (Lipinski definition) is 2. The third-order valence-corrected chi connectivity index (χ3v) is 7.49. The maximum Gasteiger partial charge on any atom is 0.417 e. The average Bonchev–Trinajstić information content (AvgIpc) is 3.82. The number of alkyl halides is 3. The van der Waals surface area contributed by atoms with Crippen LogP contribution >= 0.6 is 0 Å². The van der Waals surface area contributed by atoms with Crippen LogP contribution in [0.4, 0.5) is 23.4 Å². The molecule has 2 aliphatic carbocycles. The van der Waals surface area contributed by atoms with Crippen LogP contribution in [0.5, 0.6) is 0 Å². The first kappa shape index (κ1) is 27.7. The van der Waals surface area contributed by atoms with E-state index < -0.39 is 41.1 Å². The van der Waals surface area contributed by atoms with Crippen molar-refractivity contribution in [3.8, 4) is 11.1 Å². The Morgan fingerprint density at radius 2 is 1.70 bits per heavy atom. The molecular weight excluding hydrogens is 528 g/mol. The Morgan fingerprint density at radius 1 is 1.02 bits per heavy atom. The molecule has 0 bridgehead atoms. The summed E-state index contributed by atoms with van der Waals surface area (Å²) in [6.45, 7) is 5.13. The molecule has 2 amide bonds. The largest absolute Gasteiger partial charge is 0.417 e. The molecule has 2 saturated carbocycles. The average molecular weight is 559 g/mol. The number of hydrogen-bond acceptors (Lipinski definition) is 5. The van der Waals surface area contributed by atoms with Crippen LogP contribution in [0.15, 0.2) is 36.7 Å². The third kappa shape index (κ3) is 5.71. The summed E-state index contributed by atoms with van der Waals surface area (Å²) in [5.41, 5.74) is -1.51. The molecule has 2 N–H and O–H groups in total. The van der Waals surface area contributed by atoms with Gasteiger partial charge < -0.3 is 10.6 Å². The molecule has 8 nitrogen and oxygen atoms in total. The van der Waals surface area contributed by atoms with Crippen molar-refractivity contribution in [2.75, 3.05) is 5.32 Å². The fraction of sp³-hybridized carbons (Fsp3) is 0.464. The molecule has 40 heavy (non-hydrogen) atoms. The van der Waals surface area contributed by atoms with Crippen LogP contribution in [-0.2, 0) is 11.0 Å². The number of aryl methyl sites for hydroxylation is 1. The zero-order chi connectivity index (χ0) is 28.8. The summed E-state index contributed by atoms with van der Waals surface area (Å²) in [4.78, 5) is 34.5. The van der Waals surface area contributed by atoms with Gasteiger partial charge in [-0.05, 0) is 88.5 Å². The minimum Gasteiger partial charge on any atom is -0.339 e. The SMILES string of the molecule is Cc1nccc(C(F)(F)F)c1-c1ccc(NC(=O)C(NC(=O)c2ccnn2C(C)C)C(C2CC2)C2CC2)nc1F. The van der Waals surface area contributed by atoms with Crippen LogP contribution in [0.1, 0.15) is 67.3 Å². The van der Waals surface area contributed by atoms with E-state index in [0.29, 0.717) is 17.5 Å². The van der Waals surface area contributed by atoms with E-state index >= 15 is 4.39 Å². The number of pyridine rings is 2. The van der Waals surface area contributed by atoms with E-state index in [4.69, 9.17) is 0 Å². The van der Waals surface area contributed by atoms with Crippen molar-refractivity contribution in [3.63, 3.8) is 0 Å². The Bertz CT molecular complexity index is 1420. The van der Waals surface area contributed by atoms with Crippen molar-refractivity contribution in [2.24, 2.45) is 17.8 Å². The predicted octanol–water partition coefficient (Wildman–Crippen LogP) is 5.56. The van der Waals surface area contributed by atoms with Crippen molar-refractivity contribution in [1.29, 1.82) is 0 Å². The molecule has 1 unspecified atom stereocenters. The standard InChI is InChI=1S/C28H30F4N6O2/c1-14(2)38-20(11-13-34-38)26(39)37-24(23(16-4-5-16)17-6-7-17)27(40)36-21-9-8-18(25(29)35-21)22-15(3)33-12-10-19(22)28(30,31)32/h8-14,16-17,23-24H,4-7H2,1-3H3,(H,37,39)(H,35,36,40). The molecular formula is C28H30F4N6O2. The van der Waals surface area contributed by atoms with Gasteiger partial charge >= 0.3 is 6.18 Å². The lowest BCUT2D eigenvalue weighted by Gasteiger charge is -2.27. The molecule has 0 saturated heterocycles. The number of anilines is 1. The Balaban J connectivity index is 1.41. The monoisotopic (exact) mass is 558 g/mol. The number of carbonyl (C=O) groups excluding carboxylic acids is 2. The minimum absolute atomic E-state index is 0.00701. The highest BCUT2D eigenvalue weighted by atomic mass is 19.4. The predicted molar refractivity (Wildman–Crippen MR) is 139 cm³/mol. The van der Waals surface area contributed by atoms with Gasteiger partial charge in [-0.15, -0.1) is 0 Å². The lowest BCUT2D eigenvalue weighted by Crippen LogP contribution is -2.50. The first-order valence-electron chi connectivity index (χ1n) is 13.3. The van der Waals surface area contributed by atoms with Crippen LogP contribution < -0.4 is 10.6 Å². The second kappa shape index (κ2) is 10.6. The first-order valence-corrected chi connectivity index (χ1v) is 13.3. The molecule has 2 fully saturated rings. The van der Waals surface area contributed by atoms with E-state index in [2.05, 4.69) is 25.7 Å². The van der Waals surface area contributed by atoms with Gasteiger partial charge in [0.05, 0.1) is 5.56 Å². The van der Waals surface area contributed by atoms with Gasteiger partial charge in [-0.2, -0.15) is 22.7 Å². The molecule has 1 atom stereocenters. The molecule has 3 aromatic rings. The summed E-state index contributed by atoms with van der Waals surface area (Å²) in [6, 6.07) is 3.79. The zero-order valence-corrected chi connectivity index (χ0v) is 22.3. The summed E-state index contributed by atoms with van der Waals surface area (Å²) in [5.74, 6) is -1.85. The van der Waals surface area contributed by atoms with Gasteiger partial charge in [-0.25, -0.2) is 4.98 Å². The van der Waals surface area contributed by atoms with Gasteiger partial charge in [0.1, 0.15) is 17.6 Å². The number of carbonyl (C=O) groups is 2. The van der Waals surface area contributed by atoms with E-state index in [9.17, 15) is 22.8 Å². The summed E-state index contributed by atoms with van der Waals surface area (Å²) in [5, 5.41) is 9.68. The van der Waals surface area contributed by atoms with E-state index in [-0.39, 0.29) is 29.0 Å². The van der Waals surface area contributed by atoms with Gasteiger partial charge in [0, 0.05) is 35.3 Å². The first-order chi connectivity index (χ1) is 19.0. The molecule has 0 aromatic carbocycles. The molecule has 0 aliphatic heterocycles. The van der Waals surface area contributed by atoms with Crippen LogP contribution in [0.25, 0.3) is 11.1 Å². The Kier molecular flexibility index (Phi) is 7.36. The third-order valence-electron chi connectivity index (χ3n) is 7.49. The molecule has 0 radical (unpaired) electrons. The van der Waals surface area contributed by atoms with Crippen molar-refractivity contribution in [2.45, 2.75) is 64.7 Å². The number of rotatable bonds is 9. The number of amides is 2. The smallest absolute Gasteiger partial charge is 0.339 e. The highest BCUT2D eigenvalue weighted by Gasteiger charge is 2.48. The number of nitrogens with zero attached hydrogens (tertiary/aromatic N) is 4. The lowest BCUT2D eigenvalue weighted by atomic mass is 9.88. The topological polar surface area (TPSA) is 102 Å². The number of nitrogens with one attached hydrogen (secondary N) is 2. The maximum atomic E-state index is 15.1. The Labute approximate surface area is 228 Å². The fourth-order valence-electron chi connectivity index (χ4n) is 5.39. The van der Waals surface area contributed by atoms with Gasteiger partial charge in [0.25, 0.3) is 5.91 Å². The van der Waals surface area contributed by atoms with Crippen molar-refractivity contribution < 1.29 is 27.2 Å². The molecule has 0 spiro atoms. The van der Waals surface area contributed by atoms with Crippen LogP contribution in [0.3, 0.4) is 0 Å². The molecule has 5 rings (SSSR count). The zero-order valence-electron chi connectivity index (χ0n) is 22.3. The van der Waals surface area contributed by atoms with Crippen molar-refractivity contribution in [3.05, 3.63) is 59.6 Å². The summed E-state index contributed by atoms with van der Waals surface area (Å²) in [6.07, 6.45) is 1.64. The van der Waals surface area contributed by atoms with Crippen molar-refractivity contribution >= 4 is 17.6 Å². The fourth-order valence-corrected chi connectivity index (χ4v) is 5.39. The van der Waals surface area contributed by atoms with Gasteiger partial charge in [-0.3, -0.25) is 19.3 Å². The normalized spacial score (nSPS) is 16.3. The van der Waals surface area contributed by atoms with Crippen LogP contribution in [0, 0.1) is 30.6 Å². The summed E-state index contributed by atoms with van der Waals surface area (Å²) < 4.78 is 57.5. The van der Waals surface area contributed by atoms with Crippen LogP contribution in [0.2, 0.25) is 0 Å². The van der Waals surface area contributed by atoms with E-state index in [0.717, 1.165) is 44.0 Å². The highest BCUT2D eigenvalue weighted by Crippen LogP contribution is 2.51. The molecule has 12 heteroatoms. The van der Waals surface area contributed by atoms with E-state index in [1.807, 2.05) is 13.8 Å². The number of aromatic nitrogens is 4. The molecule has 2 aliphatic rings.